The lowest BCUT2D eigenvalue weighted by molar-refractivity contribution is -0.138. The van der Waals surface area contributed by atoms with E-state index in [-0.39, 0.29) is 29.4 Å². The number of rotatable bonds is 4. The highest BCUT2D eigenvalue weighted by molar-refractivity contribution is 5.80. The van der Waals surface area contributed by atoms with Gasteiger partial charge >= 0.3 is 0 Å². The van der Waals surface area contributed by atoms with Crippen LogP contribution in [0.25, 0.3) is 0 Å². The molecule has 2 saturated carbocycles. The smallest absolute Gasteiger partial charge is 0.225 e. The standard InChI is InChI=1S/C22H34N2O3/c25-20(15-6-3-1-2-4-7-15)23-12-17-18-13-24(21(26)16-8-5-9-16)14-22(18)11-10-19(17)27-22/h15-19H,1-14H2,(H,23,25)/t17-,18+,19+,22+/m0/s1. The molecule has 1 N–H and O–H groups in total. The molecule has 150 valence electrons. The first-order chi connectivity index (χ1) is 13.2. The number of carbonyl (C=O) groups excluding carboxylic acids is 2. The predicted molar refractivity (Wildman–Crippen MR) is 102 cm³/mol. The minimum absolute atomic E-state index is 0.109. The third-order valence-corrected chi connectivity index (χ3v) is 8.29. The molecule has 4 atom stereocenters. The van der Waals surface area contributed by atoms with Crippen LogP contribution in [-0.2, 0) is 14.3 Å². The molecule has 2 bridgehead atoms. The topological polar surface area (TPSA) is 58.6 Å². The monoisotopic (exact) mass is 374 g/mol. The summed E-state index contributed by atoms with van der Waals surface area (Å²) in [7, 11) is 0. The maximum Gasteiger partial charge on any atom is 0.225 e. The minimum Gasteiger partial charge on any atom is -0.369 e. The number of likely N-dealkylation sites (tertiary alicyclic amines) is 1. The molecule has 3 aliphatic heterocycles. The Morgan fingerprint density at radius 3 is 2.41 bits per heavy atom. The van der Waals surface area contributed by atoms with Crippen molar-refractivity contribution in [3.8, 4) is 0 Å². The molecule has 3 heterocycles. The normalized spacial score (nSPS) is 39.1. The molecule has 2 aliphatic carbocycles. The Morgan fingerprint density at radius 1 is 0.963 bits per heavy atom. The predicted octanol–water partition coefficient (Wildman–Crippen LogP) is 2.88. The van der Waals surface area contributed by atoms with E-state index in [1.807, 2.05) is 0 Å². The molecule has 0 aromatic carbocycles. The first kappa shape index (κ1) is 18.0. The maximum absolute atomic E-state index is 12.7. The minimum atomic E-state index is -0.109. The second kappa shape index (κ2) is 7.06. The van der Waals surface area contributed by atoms with Gasteiger partial charge in [-0.15, -0.1) is 0 Å². The molecule has 0 unspecified atom stereocenters. The fraction of sp³-hybridized carbons (Fsp3) is 0.909. The van der Waals surface area contributed by atoms with Crippen LogP contribution >= 0.6 is 0 Å². The molecule has 3 saturated heterocycles. The fourth-order valence-electron chi connectivity index (χ4n) is 6.45. The Hall–Kier alpha value is -1.10. The van der Waals surface area contributed by atoms with E-state index in [2.05, 4.69) is 10.2 Å². The first-order valence-corrected chi connectivity index (χ1v) is 11.4. The molecule has 5 fully saturated rings. The third-order valence-electron chi connectivity index (χ3n) is 8.29. The summed E-state index contributed by atoms with van der Waals surface area (Å²) in [5.74, 6) is 1.89. The van der Waals surface area contributed by atoms with Crippen molar-refractivity contribution in [3.63, 3.8) is 0 Å². The molecule has 5 aliphatic rings. The largest absolute Gasteiger partial charge is 0.369 e. The van der Waals surface area contributed by atoms with Crippen molar-refractivity contribution >= 4 is 11.8 Å². The van der Waals surface area contributed by atoms with Crippen LogP contribution in [0.4, 0.5) is 0 Å². The fourth-order valence-corrected chi connectivity index (χ4v) is 6.45. The van der Waals surface area contributed by atoms with Gasteiger partial charge in [0.15, 0.2) is 0 Å². The van der Waals surface area contributed by atoms with E-state index in [0.717, 1.165) is 58.2 Å². The van der Waals surface area contributed by atoms with Crippen molar-refractivity contribution in [2.45, 2.75) is 82.3 Å². The number of carbonyl (C=O) groups is 2. The highest BCUT2D eigenvalue weighted by Gasteiger charge is 2.63. The Labute approximate surface area is 162 Å². The molecule has 5 nitrogen and oxygen atoms in total. The van der Waals surface area contributed by atoms with Crippen molar-refractivity contribution in [2.24, 2.45) is 23.7 Å². The van der Waals surface area contributed by atoms with Crippen LogP contribution in [-0.4, -0.2) is 48.1 Å². The van der Waals surface area contributed by atoms with Gasteiger partial charge in [0.2, 0.25) is 11.8 Å². The Balaban J connectivity index is 1.20. The van der Waals surface area contributed by atoms with Gasteiger partial charge < -0.3 is 15.0 Å². The van der Waals surface area contributed by atoms with Gasteiger partial charge in [0, 0.05) is 36.8 Å². The Kier molecular flexibility index (Phi) is 4.69. The molecule has 2 amide bonds. The molecule has 27 heavy (non-hydrogen) atoms. The third kappa shape index (κ3) is 3.10. The van der Waals surface area contributed by atoms with Gasteiger partial charge in [-0.2, -0.15) is 0 Å². The van der Waals surface area contributed by atoms with Crippen molar-refractivity contribution in [2.75, 3.05) is 19.6 Å². The molecule has 0 aromatic rings. The van der Waals surface area contributed by atoms with E-state index < -0.39 is 0 Å². The van der Waals surface area contributed by atoms with Gasteiger partial charge in [0.05, 0.1) is 18.2 Å². The van der Waals surface area contributed by atoms with Crippen LogP contribution < -0.4 is 5.32 Å². The Bertz CT molecular complexity index is 596. The number of amides is 2. The van der Waals surface area contributed by atoms with Crippen LogP contribution in [0.15, 0.2) is 0 Å². The van der Waals surface area contributed by atoms with Crippen LogP contribution in [0.2, 0.25) is 0 Å². The highest BCUT2D eigenvalue weighted by atomic mass is 16.5. The van der Waals surface area contributed by atoms with Gasteiger partial charge in [-0.25, -0.2) is 0 Å². The molecular formula is C22H34N2O3. The van der Waals surface area contributed by atoms with Crippen molar-refractivity contribution < 1.29 is 14.3 Å². The van der Waals surface area contributed by atoms with E-state index in [9.17, 15) is 9.59 Å². The van der Waals surface area contributed by atoms with Crippen molar-refractivity contribution in [1.82, 2.24) is 10.2 Å². The van der Waals surface area contributed by atoms with Gasteiger partial charge in [-0.05, 0) is 38.5 Å². The van der Waals surface area contributed by atoms with Crippen LogP contribution in [0, 0.1) is 23.7 Å². The van der Waals surface area contributed by atoms with Gasteiger partial charge in [-0.1, -0.05) is 32.1 Å². The number of ether oxygens (including phenoxy) is 1. The van der Waals surface area contributed by atoms with Crippen LogP contribution in [0.5, 0.6) is 0 Å². The maximum atomic E-state index is 12.7. The second-order valence-electron chi connectivity index (χ2n) is 9.81. The summed E-state index contributed by atoms with van der Waals surface area (Å²) < 4.78 is 6.46. The SMILES string of the molecule is O=C(NC[C@H]1[C@H]2CN(C(=O)C3CCC3)C[C@]23CC[C@H]1O3)C1CCCCCC1. The number of nitrogens with zero attached hydrogens (tertiary/aromatic N) is 1. The quantitative estimate of drug-likeness (QED) is 0.770. The Morgan fingerprint density at radius 2 is 1.70 bits per heavy atom. The van der Waals surface area contributed by atoms with E-state index >= 15 is 0 Å². The molecular weight excluding hydrogens is 340 g/mol. The lowest BCUT2D eigenvalue weighted by Gasteiger charge is -2.30. The van der Waals surface area contributed by atoms with E-state index in [1.165, 1.54) is 32.1 Å². The first-order valence-electron chi connectivity index (χ1n) is 11.4. The average Bonchev–Trinajstić information content (AvgIpc) is 3.19. The van der Waals surface area contributed by atoms with E-state index in [1.54, 1.807) is 0 Å². The molecule has 1 spiro atoms. The van der Waals surface area contributed by atoms with Gasteiger partial charge in [0.25, 0.3) is 0 Å². The average molecular weight is 375 g/mol. The second-order valence-corrected chi connectivity index (χ2v) is 9.81. The molecule has 0 aromatic heterocycles. The number of hydrogen-bond acceptors (Lipinski definition) is 3. The molecule has 5 rings (SSSR count). The van der Waals surface area contributed by atoms with Crippen LogP contribution in [0.1, 0.15) is 70.6 Å². The van der Waals surface area contributed by atoms with Gasteiger partial charge in [-0.3, -0.25) is 9.59 Å². The van der Waals surface area contributed by atoms with E-state index in [4.69, 9.17) is 4.74 Å². The van der Waals surface area contributed by atoms with Gasteiger partial charge in [0.1, 0.15) is 0 Å². The zero-order valence-electron chi connectivity index (χ0n) is 16.5. The summed E-state index contributed by atoms with van der Waals surface area (Å²) >= 11 is 0. The van der Waals surface area contributed by atoms with Crippen molar-refractivity contribution in [1.29, 1.82) is 0 Å². The molecule has 0 radical (unpaired) electrons. The lowest BCUT2D eigenvalue weighted by atomic mass is 9.73. The summed E-state index contributed by atoms with van der Waals surface area (Å²) in [6, 6.07) is 0. The number of nitrogens with one attached hydrogen (secondary N) is 1. The number of hydrogen-bond donors (Lipinski definition) is 1. The number of fused-ring (bicyclic) bond motifs is 1. The van der Waals surface area contributed by atoms with Crippen molar-refractivity contribution in [3.05, 3.63) is 0 Å². The zero-order chi connectivity index (χ0) is 18.4. The molecule has 5 heteroatoms. The summed E-state index contributed by atoms with van der Waals surface area (Å²) in [4.78, 5) is 27.5. The summed E-state index contributed by atoms with van der Waals surface area (Å²) in [5.41, 5.74) is -0.109. The van der Waals surface area contributed by atoms with E-state index in [0.29, 0.717) is 17.7 Å². The summed E-state index contributed by atoms with van der Waals surface area (Å²) in [6.45, 7) is 2.37. The highest BCUT2D eigenvalue weighted by Crippen LogP contribution is 2.55. The summed E-state index contributed by atoms with van der Waals surface area (Å²) in [6.07, 6.45) is 12.8. The summed E-state index contributed by atoms with van der Waals surface area (Å²) in [5, 5.41) is 3.28. The lowest BCUT2D eigenvalue weighted by Crippen LogP contribution is -2.43. The zero-order valence-corrected chi connectivity index (χ0v) is 16.5. The van der Waals surface area contributed by atoms with Crippen LogP contribution in [0.3, 0.4) is 0 Å².